The van der Waals surface area contributed by atoms with Crippen molar-refractivity contribution in [2.75, 3.05) is 20.3 Å². The molecule has 31 heavy (non-hydrogen) atoms. The molecule has 2 heterocycles. The van der Waals surface area contributed by atoms with Gasteiger partial charge < -0.3 is 15.2 Å². The highest BCUT2D eigenvalue weighted by molar-refractivity contribution is 8.15. The Morgan fingerprint density at radius 2 is 2.16 bits per heavy atom. The van der Waals surface area contributed by atoms with E-state index in [1.54, 1.807) is 6.92 Å². The highest BCUT2D eigenvalue weighted by Gasteiger charge is 2.57. The molecule has 164 valence electrons. The average Bonchev–Trinajstić information content (AvgIpc) is 3.17. The summed E-state index contributed by atoms with van der Waals surface area (Å²) in [5, 5.41) is 6.09. The first-order valence-electron chi connectivity index (χ1n) is 9.94. The molecule has 0 aromatic heterocycles. The number of hydrogen-bond donors (Lipinski definition) is 1. The number of amides is 1. The van der Waals surface area contributed by atoms with Crippen LogP contribution in [0.5, 0.6) is 5.75 Å². The number of thioether (sulfide) groups is 1. The molecule has 2 aliphatic rings. The Balaban J connectivity index is 1.92. The van der Waals surface area contributed by atoms with E-state index < -0.39 is 22.6 Å². The van der Waals surface area contributed by atoms with Gasteiger partial charge in [0, 0.05) is 24.2 Å². The Morgan fingerprint density at radius 1 is 1.39 bits per heavy atom. The van der Waals surface area contributed by atoms with Crippen LogP contribution in [0, 0.1) is 17.6 Å². The molecule has 3 unspecified atom stereocenters. The number of benzene rings is 2. The molecule has 0 saturated carbocycles. The molecule has 0 radical (unpaired) electrons. The molecule has 0 saturated heterocycles. The largest absolute Gasteiger partial charge is 0.493 e. The third kappa shape index (κ3) is 3.60. The van der Waals surface area contributed by atoms with Gasteiger partial charge in [-0.1, -0.05) is 30.0 Å². The number of methoxy groups -OCH3 is 1. The number of hydrogen-bond acceptors (Lipinski definition) is 6. The summed E-state index contributed by atoms with van der Waals surface area (Å²) in [6.45, 7) is 2.30. The Bertz CT molecular complexity index is 1030. The van der Waals surface area contributed by atoms with Gasteiger partial charge in [0.1, 0.15) is 28.5 Å². The fourth-order valence-electron chi connectivity index (χ4n) is 3.95. The summed E-state index contributed by atoms with van der Waals surface area (Å²) in [6, 6.07) is 10.6. The van der Waals surface area contributed by atoms with Crippen molar-refractivity contribution >= 4 is 22.7 Å². The van der Waals surface area contributed by atoms with Gasteiger partial charge in [0.05, 0.1) is 6.61 Å². The van der Waals surface area contributed by atoms with E-state index in [9.17, 15) is 13.6 Å². The highest BCUT2D eigenvalue weighted by atomic mass is 32.2. The summed E-state index contributed by atoms with van der Waals surface area (Å²) in [5.41, 5.74) is 6.62. The van der Waals surface area contributed by atoms with E-state index in [4.69, 9.17) is 15.2 Å². The van der Waals surface area contributed by atoms with E-state index in [1.165, 1.54) is 23.9 Å². The van der Waals surface area contributed by atoms with E-state index >= 15 is 0 Å². The summed E-state index contributed by atoms with van der Waals surface area (Å²) < 4.78 is 39.8. The third-order valence-corrected chi connectivity index (χ3v) is 7.14. The van der Waals surface area contributed by atoms with E-state index in [-0.39, 0.29) is 22.4 Å². The number of rotatable bonds is 5. The van der Waals surface area contributed by atoms with Crippen LogP contribution < -0.4 is 10.5 Å². The lowest BCUT2D eigenvalue weighted by Crippen LogP contribution is -2.53. The van der Waals surface area contributed by atoms with Crippen LogP contribution in [-0.2, 0) is 14.4 Å². The standard InChI is InChI=1S/C22H23F2N3O3S/c1-13(29-2)21(28)27-22(31-20(26-27)16-11-15(23)7-8-18(16)24)14(9-10-25)12-30-19-6-4-3-5-17(19)22/h3-8,11,13-14H,9-10,12,25H2,1-2H3. The van der Waals surface area contributed by atoms with Crippen molar-refractivity contribution in [3.05, 3.63) is 65.2 Å². The quantitative estimate of drug-likeness (QED) is 0.760. The lowest BCUT2D eigenvalue weighted by atomic mass is 9.86. The first-order chi connectivity index (χ1) is 14.9. The fraction of sp³-hybridized carbons (Fsp3) is 0.364. The van der Waals surface area contributed by atoms with Crippen LogP contribution in [0.4, 0.5) is 8.78 Å². The van der Waals surface area contributed by atoms with Gasteiger partial charge in [-0.15, -0.1) is 0 Å². The van der Waals surface area contributed by atoms with Crippen LogP contribution in [0.3, 0.4) is 0 Å². The van der Waals surface area contributed by atoms with E-state index in [0.717, 1.165) is 23.8 Å². The molecule has 9 heteroatoms. The summed E-state index contributed by atoms with van der Waals surface area (Å²) in [6.07, 6.45) is -0.243. The number of hydrazone groups is 1. The van der Waals surface area contributed by atoms with E-state index in [1.807, 2.05) is 24.3 Å². The lowest BCUT2D eigenvalue weighted by Gasteiger charge is -2.45. The summed E-state index contributed by atoms with van der Waals surface area (Å²) >= 11 is 1.22. The van der Waals surface area contributed by atoms with E-state index in [0.29, 0.717) is 25.3 Å². The van der Waals surface area contributed by atoms with Gasteiger partial charge in [0.2, 0.25) is 0 Å². The van der Waals surface area contributed by atoms with Gasteiger partial charge in [0.15, 0.2) is 4.87 Å². The van der Waals surface area contributed by atoms with Crippen molar-refractivity contribution in [3.8, 4) is 5.75 Å². The zero-order valence-corrected chi connectivity index (χ0v) is 18.0. The second-order valence-corrected chi connectivity index (χ2v) is 8.65. The molecule has 0 aliphatic carbocycles. The van der Waals surface area contributed by atoms with Crippen LogP contribution >= 0.6 is 11.8 Å². The SMILES string of the molecule is COC(C)C(=O)N1N=C(c2cc(F)ccc2F)SC12c1ccccc1OCC2CCN. The minimum atomic E-state index is -1.02. The summed E-state index contributed by atoms with van der Waals surface area (Å²) in [7, 11) is 1.44. The number of carbonyl (C=O) groups excluding carboxylic acids is 1. The maximum absolute atomic E-state index is 14.6. The van der Waals surface area contributed by atoms with Gasteiger partial charge in [-0.2, -0.15) is 5.10 Å². The molecule has 1 spiro atoms. The molecule has 6 nitrogen and oxygen atoms in total. The molecule has 2 aromatic carbocycles. The molecule has 2 N–H and O–H groups in total. The first-order valence-corrected chi connectivity index (χ1v) is 10.8. The average molecular weight is 448 g/mol. The van der Waals surface area contributed by atoms with Gasteiger partial charge in [-0.25, -0.2) is 13.8 Å². The minimum absolute atomic E-state index is 0.000200. The molecule has 4 rings (SSSR count). The van der Waals surface area contributed by atoms with Crippen molar-refractivity contribution in [3.63, 3.8) is 0 Å². The monoisotopic (exact) mass is 447 g/mol. The topological polar surface area (TPSA) is 77.1 Å². The molecular formula is C22H23F2N3O3S. The number of ether oxygens (including phenoxy) is 2. The second-order valence-electron chi connectivity index (χ2n) is 7.44. The molecule has 0 bridgehead atoms. The number of halogens is 2. The molecule has 2 aliphatic heterocycles. The highest BCUT2D eigenvalue weighted by Crippen LogP contribution is 2.57. The van der Waals surface area contributed by atoms with Gasteiger partial charge in [-0.3, -0.25) is 4.79 Å². The van der Waals surface area contributed by atoms with Crippen LogP contribution in [-0.4, -0.2) is 42.3 Å². The number of carbonyl (C=O) groups is 1. The zero-order chi connectivity index (χ0) is 22.2. The molecular weight excluding hydrogens is 424 g/mol. The fourth-order valence-corrected chi connectivity index (χ4v) is 5.48. The van der Waals surface area contributed by atoms with Crippen molar-refractivity contribution < 1.29 is 23.0 Å². The van der Waals surface area contributed by atoms with Crippen LogP contribution in [0.25, 0.3) is 0 Å². The van der Waals surface area contributed by atoms with Gasteiger partial charge >= 0.3 is 0 Å². The maximum atomic E-state index is 14.6. The lowest BCUT2D eigenvalue weighted by molar-refractivity contribution is -0.147. The van der Waals surface area contributed by atoms with Crippen molar-refractivity contribution in [1.29, 1.82) is 0 Å². The summed E-state index contributed by atoms with van der Waals surface area (Å²) in [5.74, 6) is -1.21. The second kappa shape index (κ2) is 8.57. The normalized spacial score (nSPS) is 23.3. The van der Waals surface area contributed by atoms with Crippen LogP contribution in [0.15, 0.2) is 47.6 Å². The van der Waals surface area contributed by atoms with E-state index in [2.05, 4.69) is 5.10 Å². The summed E-state index contributed by atoms with van der Waals surface area (Å²) in [4.78, 5) is 12.4. The number of nitrogens with zero attached hydrogens (tertiary/aromatic N) is 2. The Morgan fingerprint density at radius 3 is 2.90 bits per heavy atom. The van der Waals surface area contributed by atoms with Crippen molar-refractivity contribution in [2.24, 2.45) is 16.8 Å². The molecule has 2 aromatic rings. The van der Waals surface area contributed by atoms with Crippen molar-refractivity contribution in [1.82, 2.24) is 5.01 Å². The zero-order valence-electron chi connectivity index (χ0n) is 17.2. The first kappa shape index (κ1) is 21.7. The van der Waals surface area contributed by atoms with Crippen molar-refractivity contribution in [2.45, 2.75) is 24.3 Å². The smallest absolute Gasteiger partial charge is 0.273 e. The maximum Gasteiger partial charge on any atom is 0.273 e. The number of para-hydroxylation sites is 1. The van der Waals surface area contributed by atoms with Crippen LogP contribution in [0.2, 0.25) is 0 Å². The Kier molecular flexibility index (Phi) is 6.00. The predicted molar refractivity (Wildman–Crippen MR) is 115 cm³/mol. The number of fused-ring (bicyclic) bond motifs is 2. The van der Waals surface area contributed by atoms with Gasteiger partial charge in [-0.05, 0) is 44.2 Å². The minimum Gasteiger partial charge on any atom is -0.493 e. The molecule has 0 fully saturated rings. The Hall–Kier alpha value is -2.49. The van der Waals surface area contributed by atoms with Gasteiger partial charge in [0.25, 0.3) is 5.91 Å². The van der Waals surface area contributed by atoms with Crippen LogP contribution in [0.1, 0.15) is 24.5 Å². The molecule has 1 amide bonds. The third-order valence-electron chi connectivity index (χ3n) is 5.61. The Labute approximate surface area is 183 Å². The predicted octanol–water partition coefficient (Wildman–Crippen LogP) is 3.45. The molecule has 3 atom stereocenters. The number of nitrogens with two attached hydrogens (primary N) is 1.